The second-order valence-electron chi connectivity index (χ2n) is 10.9. The van der Waals surface area contributed by atoms with Gasteiger partial charge in [-0.25, -0.2) is 0 Å². The predicted octanol–water partition coefficient (Wildman–Crippen LogP) is 2.76. The minimum Gasteiger partial charge on any atom is -0.469 e. The van der Waals surface area contributed by atoms with E-state index in [1.54, 1.807) is 48.5 Å². The third kappa shape index (κ3) is 6.98. The minimum absolute atomic E-state index is 0.0583. The van der Waals surface area contributed by atoms with Gasteiger partial charge in [0.1, 0.15) is 5.78 Å². The normalized spacial score (nSPS) is 18.1. The number of carbonyl (C=O) groups excluding carboxylic acids is 6. The first-order valence-electron chi connectivity index (χ1n) is 14.1. The van der Waals surface area contributed by atoms with E-state index in [0.717, 1.165) is 14.2 Å². The smallest absolute Gasteiger partial charge is 0.323 e. The Bertz CT molecular complexity index is 1380. The average Bonchev–Trinajstić information content (AvgIpc) is 3.05. The van der Waals surface area contributed by atoms with Crippen LogP contribution in [0.25, 0.3) is 0 Å². The zero-order valence-corrected chi connectivity index (χ0v) is 25.6. The summed E-state index contributed by atoms with van der Waals surface area (Å²) < 4.78 is 25.5. The molecule has 11 nitrogen and oxygen atoms in total. The molecule has 2 aromatic rings. The SMILES string of the molecule is COC(=O)C1CC(=O)CCC(C(=O)OC)(C(=O)OC)Cc2ccccc2CC(C(=O)OC)(C(=O)OC)Cc2ccccc2C1. The zero-order chi connectivity index (χ0) is 32.5. The Labute approximate surface area is 256 Å². The molecule has 0 radical (unpaired) electrons. The van der Waals surface area contributed by atoms with Crippen molar-refractivity contribution >= 4 is 35.6 Å². The van der Waals surface area contributed by atoms with Gasteiger partial charge in [0.2, 0.25) is 0 Å². The maximum Gasteiger partial charge on any atom is 0.323 e. The molecule has 0 N–H and O–H groups in total. The second kappa shape index (κ2) is 14.8. The van der Waals surface area contributed by atoms with E-state index in [4.69, 9.17) is 23.7 Å². The summed E-state index contributed by atoms with van der Waals surface area (Å²) in [6.45, 7) is 0. The van der Waals surface area contributed by atoms with Crippen molar-refractivity contribution in [1.82, 2.24) is 0 Å². The summed E-state index contributed by atoms with van der Waals surface area (Å²) in [4.78, 5) is 80.1. The number of hydrogen-bond acceptors (Lipinski definition) is 11. The third-order valence-corrected chi connectivity index (χ3v) is 8.32. The van der Waals surface area contributed by atoms with Crippen LogP contribution in [0.4, 0.5) is 0 Å². The van der Waals surface area contributed by atoms with Crippen molar-refractivity contribution < 1.29 is 52.5 Å². The summed E-state index contributed by atoms with van der Waals surface area (Å²) in [5.74, 6) is -5.48. The Morgan fingerprint density at radius 1 is 0.568 bits per heavy atom. The van der Waals surface area contributed by atoms with Crippen LogP contribution in [-0.4, -0.2) is 71.2 Å². The van der Waals surface area contributed by atoms with Crippen molar-refractivity contribution in [2.45, 2.75) is 44.9 Å². The number of rotatable bonds is 5. The molecule has 1 aliphatic carbocycles. The molecule has 0 amide bonds. The predicted molar refractivity (Wildman–Crippen MR) is 155 cm³/mol. The fraction of sp³-hybridized carbons (Fsp3) is 0.455. The van der Waals surface area contributed by atoms with Crippen molar-refractivity contribution in [2.75, 3.05) is 35.5 Å². The topological polar surface area (TPSA) is 149 Å². The van der Waals surface area contributed by atoms with Gasteiger partial charge in [0.05, 0.1) is 41.5 Å². The highest BCUT2D eigenvalue weighted by atomic mass is 16.6. The van der Waals surface area contributed by atoms with E-state index in [2.05, 4.69) is 0 Å². The number of methoxy groups -OCH3 is 5. The van der Waals surface area contributed by atoms with E-state index >= 15 is 0 Å². The van der Waals surface area contributed by atoms with Gasteiger partial charge in [-0.15, -0.1) is 0 Å². The number of esters is 5. The van der Waals surface area contributed by atoms with E-state index < -0.39 is 46.6 Å². The lowest BCUT2D eigenvalue weighted by Crippen LogP contribution is -2.46. The van der Waals surface area contributed by atoms with Crippen LogP contribution in [0.5, 0.6) is 0 Å². The van der Waals surface area contributed by atoms with E-state index in [9.17, 15) is 28.8 Å². The molecular formula is C33H38O11. The van der Waals surface area contributed by atoms with Crippen LogP contribution in [0.3, 0.4) is 0 Å². The molecule has 0 bridgehead atoms. The number of carbonyl (C=O) groups is 6. The minimum atomic E-state index is -1.95. The molecule has 0 aromatic heterocycles. The molecule has 1 unspecified atom stereocenters. The highest BCUT2D eigenvalue weighted by Crippen LogP contribution is 2.38. The average molecular weight is 611 g/mol. The van der Waals surface area contributed by atoms with Gasteiger partial charge in [-0.3, -0.25) is 28.8 Å². The first-order valence-corrected chi connectivity index (χ1v) is 14.1. The Kier molecular flexibility index (Phi) is 11.4. The molecule has 0 saturated heterocycles. The van der Waals surface area contributed by atoms with Gasteiger partial charge in [0, 0.05) is 12.8 Å². The summed E-state index contributed by atoms with van der Waals surface area (Å²) in [5.41, 5.74) is -1.75. The van der Waals surface area contributed by atoms with Crippen molar-refractivity contribution in [3.8, 4) is 0 Å². The molecule has 0 spiro atoms. The van der Waals surface area contributed by atoms with Crippen LogP contribution >= 0.6 is 0 Å². The van der Waals surface area contributed by atoms with Crippen LogP contribution in [0.15, 0.2) is 48.5 Å². The first-order chi connectivity index (χ1) is 21.0. The molecule has 2 aromatic carbocycles. The summed E-state index contributed by atoms with van der Waals surface area (Å²) in [6.07, 6.45) is -1.34. The molecule has 11 heteroatoms. The van der Waals surface area contributed by atoms with E-state index in [-0.39, 0.29) is 50.7 Å². The lowest BCUT2D eigenvalue weighted by atomic mass is 9.72. The Morgan fingerprint density at radius 2 is 0.955 bits per heavy atom. The quantitative estimate of drug-likeness (QED) is 0.280. The number of fused-ring (bicyclic) bond motifs is 2. The number of ether oxygens (including phenoxy) is 5. The maximum atomic E-state index is 13.6. The van der Waals surface area contributed by atoms with Gasteiger partial charge in [-0.2, -0.15) is 0 Å². The van der Waals surface area contributed by atoms with Gasteiger partial charge in [0.25, 0.3) is 0 Å². The molecular weight excluding hydrogens is 572 g/mol. The fourth-order valence-corrected chi connectivity index (χ4v) is 5.94. The van der Waals surface area contributed by atoms with Gasteiger partial charge in [0.15, 0.2) is 10.8 Å². The number of hydrogen-bond donors (Lipinski definition) is 0. The standard InChI is InChI=1S/C33H38O11/c1-40-27(35)25-16-21-10-6-7-11-22(21)19-33(30(38)43-4,31(39)44-5)20-24-13-9-8-12-23(24)18-32(28(36)41-2,29(37)42-3)15-14-26(34)17-25/h6-13,25H,14-20H2,1-5H3. The first kappa shape index (κ1) is 34.0. The highest BCUT2D eigenvalue weighted by molar-refractivity contribution is 6.02. The van der Waals surface area contributed by atoms with Crippen LogP contribution in [-0.2, 0) is 78.1 Å². The van der Waals surface area contributed by atoms with Crippen LogP contribution in [0.2, 0.25) is 0 Å². The Morgan fingerprint density at radius 3 is 1.39 bits per heavy atom. The Balaban J connectivity index is 2.35. The van der Waals surface area contributed by atoms with Gasteiger partial charge < -0.3 is 23.7 Å². The van der Waals surface area contributed by atoms with Crippen molar-refractivity contribution in [1.29, 1.82) is 0 Å². The monoisotopic (exact) mass is 610 g/mol. The summed E-state index contributed by atoms with van der Waals surface area (Å²) in [7, 11) is 5.79. The lowest BCUT2D eigenvalue weighted by molar-refractivity contribution is -0.171. The molecule has 236 valence electrons. The molecule has 1 aliphatic rings. The molecule has 0 fully saturated rings. The molecule has 1 atom stereocenters. The molecule has 0 heterocycles. The Hall–Kier alpha value is -4.54. The lowest BCUT2D eigenvalue weighted by Gasteiger charge is -2.32. The van der Waals surface area contributed by atoms with Gasteiger partial charge in [-0.05, 0) is 54.4 Å². The summed E-state index contributed by atoms with van der Waals surface area (Å²) in [5, 5.41) is 0. The van der Waals surface area contributed by atoms with Crippen molar-refractivity contribution in [3.05, 3.63) is 70.8 Å². The van der Waals surface area contributed by atoms with Crippen LogP contribution in [0, 0.1) is 16.7 Å². The van der Waals surface area contributed by atoms with Crippen LogP contribution in [0.1, 0.15) is 41.5 Å². The van der Waals surface area contributed by atoms with Crippen molar-refractivity contribution in [2.24, 2.45) is 16.7 Å². The zero-order valence-electron chi connectivity index (χ0n) is 25.6. The van der Waals surface area contributed by atoms with E-state index in [1.165, 1.54) is 21.3 Å². The molecule has 3 rings (SSSR count). The largest absolute Gasteiger partial charge is 0.469 e. The number of benzene rings is 2. The fourth-order valence-electron chi connectivity index (χ4n) is 5.94. The van der Waals surface area contributed by atoms with Crippen LogP contribution < -0.4 is 0 Å². The van der Waals surface area contributed by atoms with Gasteiger partial charge in [-0.1, -0.05) is 48.5 Å². The second-order valence-corrected chi connectivity index (χ2v) is 10.9. The van der Waals surface area contributed by atoms with Crippen molar-refractivity contribution in [3.63, 3.8) is 0 Å². The molecule has 0 saturated carbocycles. The maximum absolute atomic E-state index is 13.6. The van der Waals surface area contributed by atoms with E-state index in [1.807, 2.05) is 0 Å². The van der Waals surface area contributed by atoms with Gasteiger partial charge >= 0.3 is 29.8 Å². The summed E-state index contributed by atoms with van der Waals surface area (Å²) in [6, 6.07) is 13.7. The molecule has 0 aliphatic heterocycles. The van der Waals surface area contributed by atoms with E-state index in [0.29, 0.717) is 22.3 Å². The highest BCUT2D eigenvalue weighted by Gasteiger charge is 2.52. The third-order valence-electron chi connectivity index (χ3n) is 8.32. The number of Topliss-reactive ketones (excluding diaryl/α,β-unsaturated/α-hetero) is 1. The molecule has 44 heavy (non-hydrogen) atoms. The number of ketones is 1. The summed E-state index contributed by atoms with van der Waals surface area (Å²) >= 11 is 0.